The van der Waals surface area contributed by atoms with Gasteiger partial charge in [-0.25, -0.2) is 4.79 Å². The number of carboxylic acids is 1. The predicted octanol–water partition coefficient (Wildman–Crippen LogP) is -1.90. The van der Waals surface area contributed by atoms with Crippen LogP contribution in [-0.4, -0.2) is 148 Å². The summed E-state index contributed by atoms with van der Waals surface area (Å²) in [6.07, 6.45) is -0.713. The summed E-state index contributed by atoms with van der Waals surface area (Å²) in [7, 11) is 0. The summed E-state index contributed by atoms with van der Waals surface area (Å²) in [6.45, 7) is 4.17. The summed E-state index contributed by atoms with van der Waals surface area (Å²) in [4.78, 5) is 149. The van der Waals surface area contributed by atoms with Crippen LogP contribution in [0.2, 0.25) is 0 Å². The van der Waals surface area contributed by atoms with Crippen LogP contribution in [0, 0.1) is 5.92 Å². The lowest BCUT2D eigenvalue weighted by atomic mass is 9.98. The predicted molar refractivity (Wildman–Crippen MR) is 283 cm³/mol. The van der Waals surface area contributed by atoms with Crippen molar-refractivity contribution in [3.8, 4) is 0 Å². The van der Waals surface area contributed by atoms with Crippen LogP contribution in [0.15, 0.2) is 91.0 Å². The second-order valence-electron chi connectivity index (χ2n) is 19.3. The van der Waals surface area contributed by atoms with Crippen molar-refractivity contribution in [3.05, 3.63) is 108 Å². The number of benzene rings is 3. The van der Waals surface area contributed by atoms with Crippen LogP contribution < -0.4 is 54.4 Å². The van der Waals surface area contributed by atoms with Crippen LogP contribution in [0.1, 0.15) is 82.4 Å². The summed E-state index contributed by atoms with van der Waals surface area (Å²) in [5.74, 6) is -10.1. The molecule has 10 atom stereocenters. The Balaban J connectivity index is 1.56. The van der Waals surface area contributed by atoms with E-state index >= 15 is 0 Å². The number of rotatable bonds is 31. The number of nitrogens with two attached hydrogens (primary N) is 3. The first-order chi connectivity index (χ1) is 37.1. The average molecular weight is 1080 g/mol. The van der Waals surface area contributed by atoms with E-state index in [1.54, 1.807) is 91.0 Å². The number of nitrogens with zero attached hydrogens (tertiary/aromatic N) is 1. The number of carbonyl (C=O) groups excluding carboxylic acids is 10. The highest BCUT2D eigenvalue weighted by molar-refractivity contribution is 5.98. The number of hydrogen-bond donors (Lipinski definition) is 12. The van der Waals surface area contributed by atoms with Gasteiger partial charge in [0.15, 0.2) is 0 Å². The van der Waals surface area contributed by atoms with Crippen LogP contribution >= 0.6 is 0 Å². The molecule has 1 heterocycles. The van der Waals surface area contributed by atoms with Crippen molar-refractivity contribution < 1.29 is 63.0 Å². The highest BCUT2D eigenvalue weighted by Gasteiger charge is 2.40. The maximum atomic E-state index is 14.4. The van der Waals surface area contributed by atoms with Crippen molar-refractivity contribution >= 4 is 65.0 Å². The van der Waals surface area contributed by atoms with Gasteiger partial charge in [-0.1, -0.05) is 111 Å². The molecule has 1 fully saturated rings. The fourth-order valence-electron chi connectivity index (χ4n) is 8.51. The number of hydrogen-bond acceptors (Lipinski definition) is 13. The number of nitrogens with one attached hydrogen (secondary N) is 7. The van der Waals surface area contributed by atoms with Crippen LogP contribution in [0.4, 0.5) is 0 Å². The van der Waals surface area contributed by atoms with E-state index in [1.807, 2.05) is 13.8 Å². The third kappa shape index (κ3) is 19.7. The molecular formula is C54H73N11O13. The third-order valence-corrected chi connectivity index (χ3v) is 13.3. The SMILES string of the molecule is CC[C@H](C)[C@H](N)C(=O)N[C@@H](Cc1ccccc1)C(=O)N1CCC[C@H]1C(=O)N[C@@H](CCC(N)=O)C(=O)N[C@@H](CCC(N)=O)C(=O)N[C@@H](Cc1ccccc1)C(=O)N[C@@H](C)C(=O)N[C@@H](Cc1ccccc1)C(=O)N[C@@H](CO)C(=O)O. The Hall–Kier alpha value is -8.25. The van der Waals surface area contributed by atoms with Gasteiger partial charge in [0, 0.05) is 38.6 Å². The summed E-state index contributed by atoms with van der Waals surface area (Å²) in [5, 5.41) is 36.7. The summed E-state index contributed by atoms with van der Waals surface area (Å²) in [6, 6.07) is 13.5. The monoisotopic (exact) mass is 1080 g/mol. The molecule has 78 heavy (non-hydrogen) atoms. The molecule has 1 aliphatic heterocycles. The molecule has 24 heteroatoms. The van der Waals surface area contributed by atoms with E-state index in [2.05, 4.69) is 37.2 Å². The minimum atomic E-state index is -1.69. The van der Waals surface area contributed by atoms with E-state index in [9.17, 15) is 63.0 Å². The first kappa shape index (κ1) is 62.3. The molecule has 0 aliphatic carbocycles. The van der Waals surface area contributed by atoms with Crippen LogP contribution in [-0.2, 0) is 72.0 Å². The molecular weight excluding hydrogens is 1010 g/mol. The lowest BCUT2D eigenvalue weighted by Crippen LogP contribution is -2.60. The standard InChI is InChI=1S/C54H73N11O13/c1-4-31(2)45(57)52(75)63-40(29-35-19-12-7-13-20-35)53(76)65-26-14-21-42(65)51(74)60-37(23-25-44(56)68)47(70)59-36(22-24-43(55)67)48(71)62-38(27-33-15-8-5-9-16-33)49(72)58-32(3)46(69)61-39(28-34-17-10-6-11-18-34)50(73)64-41(30-66)54(77)78/h5-13,15-20,31-32,36-42,45,66H,4,14,21-30,57H2,1-3H3,(H2,55,67)(H2,56,68)(H,58,72)(H,59,70)(H,60,74)(H,61,69)(H,62,71)(H,63,75)(H,64,73)(H,77,78)/t31-,32-,36-,37-,38-,39-,40-,41-,42-,45-/m0/s1. The highest BCUT2D eigenvalue weighted by atomic mass is 16.4. The molecule has 15 N–H and O–H groups in total. The summed E-state index contributed by atoms with van der Waals surface area (Å²) < 4.78 is 0. The zero-order valence-corrected chi connectivity index (χ0v) is 44.0. The largest absolute Gasteiger partial charge is 0.480 e. The number of carbonyl (C=O) groups is 11. The van der Waals surface area contributed by atoms with Gasteiger partial charge in [-0.15, -0.1) is 0 Å². The Labute approximate surface area is 452 Å². The number of aliphatic carboxylic acids is 1. The molecule has 422 valence electrons. The molecule has 0 unspecified atom stereocenters. The van der Waals surface area contributed by atoms with Gasteiger partial charge >= 0.3 is 5.97 Å². The maximum Gasteiger partial charge on any atom is 0.328 e. The van der Waals surface area contributed by atoms with Crippen molar-refractivity contribution in [1.82, 2.24) is 42.1 Å². The van der Waals surface area contributed by atoms with Crippen molar-refractivity contribution in [2.45, 2.75) is 139 Å². The molecule has 24 nitrogen and oxygen atoms in total. The first-order valence-electron chi connectivity index (χ1n) is 25.8. The zero-order chi connectivity index (χ0) is 57.5. The quantitative estimate of drug-likeness (QED) is 0.0335. The van der Waals surface area contributed by atoms with E-state index in [1.165, 1.54) is 11.8 Å². The number of amides is 10. The molecule has 10 amide bonds. The molecule has 1 saturated heterocycles. The maximum absolute atomic E-state index is 14.4. The molecule has 0 spiro atoms. The summed E-state index contributed by atoms with van der Waals surface area (Å²) in [5.41, 5.74) is 19.0. The van der Waals surface area contributed by atoms with Gasteiger partial charge in [0.1, 0.15) is 48.3 Å². The molecule has 0 saturated carbocycles. The lowest BCUT2D eigenvalue weighted by Gasteiger charge is -2.31. The molecule has 3 aromatic carbocycles. The fourth-order valence-corrected chi connectivity index (χ4v) is 8.51. The van der Waals surface area contributed by atoms with Crippen molar-refractivity contribution in [3.63, 3.8) is 0 Å². The number of primary amides is 2. The Morgan fingerprint density at radius 3 is 1.40 bits per heavy atom. The first-order valence-corrected chi connectivity index (χ1v) is 25.8. The zero-order valence-electron chi connectivity index (χ0n) is 44.0. The minimum Gasteiger partial charge on any atom is -0.480 e. The Bertz CT molecular complexity index is 2560. The van der Waals surface area contributed by atoms with Gasteiger partial charge in [0.05, 0.1) is 12.6 Å². The summed E-state index contributed by atoms with van der Waals surface area (Å²) >= 11 is 0. The van der Waals surface area contributed by atoms with Crippen molar-refractivity contribution in [2.24, 2.45) is 23.1 Å². The molecule has 0 bridgehead atoms. The van der Waals surface area contributed by atoms with E-state index < -0.39 is 145 Å². The molecule has 0 radical (unpaired) electrons. The van der Waals surface area contributed by atoms with Crippen LogP contribution in [0.25, 0.3) is 0 Å². The number of aliphatic hydroxyl groups excluding tert-OH is 1. The van der Waals surface area contributed by atoms with Crippen molar-refractivity contribution in [1.29, 1.82) is 0 Å². The molecule has 1 aliphatic rings. The van der Waals surface area contributed by atoms with Gasteiger partial charge in [0.2, 0.25) is 59.1 Å². The molecule has 3 aromatic rings. The van der Waals surface area contributed by atoms with E-state index in [0.29, 0.717) is 24.0 Å². The second-order valence-corrected chi connectivity index (χ2v) is 19.3. The fraction of sp³-hybridized carbons (Fsp3) is 0.463. The van der Waals surface area contributed by atoms with Crippen molar-refractivity contribution in [2.75, 3.05) is 13.2 Å². The smallest absolute Gasteiger partial charge is 0.328 e. The van der Waals surface area contributed by atoms with Crippen LogP contribution in [0.3, 0.4) is 0 Å². The molecule has 4 rings (SSSR count). The minimum absolute atomic E-state index is 0.0738. The normalized spacial score (nSPS) is 16.4. The van der Waals surface area contributed by atoms with Gasteiger partial charge in [-0.3, -0.25) is 47.9 Å². The van der Waals surface area contributed by atoms with Gasteiger partial charge in [-0.05, 0) is 55.2 Å². The average Bonchev–Trinajstić information content (AvgIpc) is 3.92. The number of likely N-dealkylation sites (tertiary alicyclic amines) is 1. The van der Waals surface area contributed by atoms with Gasteiger partial charge in [-0.2, -0.15) is 0 Å². The Morgan fingerprint density at radius 2 is 0.949 bits per heavy atom. The second kappa shape index (κ2) is 31.1. The Kier molecular flexibility index (Phi) is 24.8. The van der Waals surface area contributed by atoms with E-state index in [-0.39, 0.29) is 44.6 Å². The van der Waals surface area contributed by atoms with E-state index in [4.69, 9.17) is 17.2 Å². The van der Waals surface area contributed by atoms with Gasteiger partial charge in [0.25, 0.3) is 0 Å². The van der Waals surface area contributed by atoms with Gasteiger partial charge < -0.3 is 69.5 Å². The third-order valence-electron chi connectivity index (χ3n) is 13.3. The topological polar surface area (TPSA) is 394 Å². The van der Waals surface area contributed by atoms with Crippen LogP contribution in [0.5, 0.6) is 0 Å². The lowest BCUT2D eigenvalue weighted by molar-refractivity contribution is -0.143. The van der Waals surface area contributed by atoms with E-state index in [0.717, 1.165) is 5.56 Å². The number of aliphatic hydroxyl groups is 1. The Morgan fingerprint density at radius 1 is 0.551 bits per heavy atom. The number of carboxylic acid groups (broad SMARTS) is 1. The molecule has 0 aromatic heterocycles. The highest BCUT2D eigenvalue weighted by Crippen LogP contribution is 2.21.